The zero-order chi connectivity index (χ0) is 17.3. The van der Waals surface area contributed by atoms with Crippen molar-refractivity contribution in [3.05, 3.63) is 11.6 Å². The normalized spacial score (nSPS) is 20.2. The molecule has 0 spiro atoms. The molecule has 1 fully saturated rings. The summed E-state index contributed by atoms with van der Waals surface area (Å²) < 4.78 is 13.3. The van der Waals surface area contributed by atoms with Crippen LogP contribution in [0.15, 0.2) is 4.99 Å². The molecular formula is C17H31IN6O2. The average Bonchev–Trinajstić information content (AvgIpc) is 3.22. The van der Waals surface area contributed by atoms with Crippen LogP contribution in [0.1, 0.15) is 43.8 Å². The number of rotatable bonds is 7. The van der Waals surface area contributed by atoms with E-state index in [-0.39, 0.29) is 30.1 Å². The molecule has 3 heterocycles. The second kappa shape index (κ2) is 11.7. The fraction of sp³-hybridized carbons (Fsp3) is 0.824. The van der Waals surface area contributed by atoms with Crippen LogP contribution in [-0.2, 0) is 29.0 Å². The zero-order valence-corrected chi connectivity index (χ0v) is 17.9. The van der Waals surface area contributed by atoms with Crippen molar-refractivity contribution in [2.24, 2.45) is 4.99 Å². The second-order valence-electron chi connectivity index (χ2n) is 6.56. The first-order chi connectivity index (χ1) is 12.4. The Morgan fingerprint density at radius 1 is 1.31 bits per heavy atom. The largest absolute Gasteiger partial charge is 0.379 e. The lowest BCUT2D eigenvalue weighted by Crippen LogP contribution is -2.38. The van der Waals surface area contributed by atoms with Crippen LogP contribution in [-0.4, -0.2) is 60.2 Å². The van der Waals surface area contributed by atoms with E-state index in [1.807, 2.05) is 0 Å². The number of nitrogens with zero attached hydrogens (tertiary/aromatic N) is 4. The molecule has 2 aliphatic rings. The van der Waals surface area contributed by atoms with Gasteiger partial charge < -0.3 is 24.7 Å². The Morgan fingerprint density at radius 2 is 2.23 bits per heavy atom. The van der Waals surface area contributed by atoms with E-state index in [2.05, 4.69) is 30.4 Å². The highest BCUT2D eigenvalue weighted by molar-refractivity contribution is 14.0. The second-order valence-corrected chi connectivity index (χ2v) is 6.56. The van der Waals surface area contributed by atoms with E-state index < -0.39 is 0 Å². The Balaban J connectivity index is 0.00000243. The Labute approximate surface area is 172 Å². The predicted molar refractivity (Wildman–Crippen MR) is 111 cm³/mol. The molecule has 0 radical (unpaired) electrons. The summed E-state index contributed by atoms with van der Waals surface area (Å²) >= 11 is 0. The molecule has 8 nitrogen and oxygen atoms in total. The van der Waals surface area contributed by atoms with Crippen LogP contribution in [0, 0.1) is 0 Å². The van der Waals surface area contributed by atoms with E-state index in [4.69, 9.17) is 9.47 Å². The maximum absolute atomic E-state index is 5.76. The number of fused-ring (bicyclic) bond motifs is 1. The predicted octanol–water partition coefficient (Wildman–Crippen LogP) is 1.48. The van der Waals surface area contributed by atoms with Crippen LogP contribution >= 0.6 is 24.0 Å². The summed E-state index contributed by atoms with van der Waals surface area (Å²) in [5, 5.41) is 15.3. The first-order valence-corrected chi connectivity index (χ1v) is 9.41. The van der Waals surface area contributed by atoms with Crippen molar-refractivity contribution in [1.82, 2.24) is 25.4 Å². The van der Waals surface area contributed by atoms with Crippen LogP contribution in [0.25, 0.3) is 0 Å². The van der Waals surface area contributed by atoms with Crippen molar-refractivity contribution in [1.29, 1.82) is 0 Å². The highest BCUT2D eigenvalue weighted by Gasteiger charge is 2.16. The van der Waals surface area contributed by atoms with Gasteiger partial charge in [-0.05, 0) is 25.7 Å². The van der Waals surface area contributed by atoms with Crippen LogP contribution in [0.4, 0.5) is 0 Å². The minimum atomic E-state index is 0. The molecule has 1 unspecified atom stereocenters. The van der Waals surface area contributed by atoms with Crippen molar-refractivity contribution >= 4 is 29.9 Å². The fourth-order valence-electron chi connectivity index (χ4n) is 3.23. The summed E-state index contributed by atoms with van der Waals surface area (Å²) in [4.78, 5) is 4.27. The molecule has 148 valence electrons. The molecule has 2 aliphatic heterocycles. The molecule has 1 aromatic rings. The van der Waals surface area contributed by atoms with Gasteiger partial charge in [0.2, 0.25) is 0 Å². The maximum Gasteiger partial charge on any atom is 0.191 e. The van der Waals surface area contributed by atoms with Gasteiger partial charge in [0, 0.05) is 39.8 Å². The SMILES string of the molecule is CN=C(NCCCOC1CCOC1)NCc1nnc2n1CCCCC2.I. The molecule has 0 amide bonds. The number of hydrogen-bond donors (Lipinski definition) is 2. The maximum atomic E-state index is 5.76. The molecule has 1 aromatic heterocycles. The Morgan fingerprint density at radius 3 is 3.04 bits per heavy atom. The molecule has 0 aliphatic carbocycles. The van der Waals surface area contributed by atoms with Gasteiger partial charge in [-0.15, -0.1) is 34.2 Å². The third-order valence-electron chi connectivity index (χ3n) is 4.68. The Kier molecular flexibility index (Phi) is 9.62. The van der Waals surface area contributed by atoms with Gasteiger partial charge in [0.15, 0.2) is 11.8 Å². The minimum Gasteiger partial charge on any atom is -0.379 e. The van der Waals surface area contributed by atoms with E-state index in [0.29, 0.717) is 6.54 Å². The summed E-state index contributed by atoms with van der Waals surface area (Å²) in [7, 11) is 1.78. The van der Waals surface area contributed by atoms with Gasteiger partial charge in [-0.2, -0.15) is 0 Å². The van der Waals surface area contributed by atoms with Gasteiger partial charge in [0.25, 0.3) is 0 Å². The summed E-state index contributed by atoms with van der Waals surface area (Å²) in [5.41, 5.74) is 0. The van der Waals surface area contributed by atoms with E-state index in [0.717, 1.165) is 69.8 Å². The van der Waals surface area contributed by atoms with Crippen LogP contribution < -0.4 is 10.6 Å². The van der Waals surface area contributed by atoms with Gasteiger partial charge in [0.1, 0.15) is 5.82 Å². The average molecular weight is 478 g/mol. The molecule has 1 atom stereocenters. The number of aliphatic imine (C=N–C) groups is 1. The summed E-state index contributed by atoms with van der Waals surface area (Å²) in [6.07, 6.45) is 6.96. The quantitative estimate of drug-likeness (QED) is 0.267. The highest BCUT2D eigenvalue weighted by Crippen LogP contribution is 2.14. The van der Waals surface area contributed by atoms with Crippen molar-refractivity contribution in [2.75, 3.05) is 33.4 Å². The number of halogens is 1. The molecule has 0 aromatic carbocycles. The summed E-state index contributed by atoms with van der Waals surface area (Å²) in [6.45, 7) is 4.79. The van der Waals surface area contributed by atoms with Crippen molar-refractivity contribution in [2.45, 2.75) is 57.7 Å². The third-order valence-corrected chi connectivity index (χ3v) is 4.68. The van der Waals surface area contributed by atoms with Gasteiger partial charge in [0.05, 0.1) is 19.3 Å². The van der Waals surface area contributed by atoms with Gasteiger partial charge in [-0.3, -0.25) is 4.99 Å². The van der Waals surface area contributed by atoms with E-state index in [1.54, 1.807) is 7.05 Å². The van der Waals surface area contributed by atoms with Gasteiger partial charge in [-0.1, -0.05) is 6.42 Å². The van der Waals surface area contributed by atoms with Crippen LogP contribution in [0.3, 0.4) is 0 Å². The number of nitrogens with one attached hydrogen (secondary N) is 2. The first kappa shape index (κ1) is 21.4. The zero-order valence-electron chi connectivity index (χ0n) is 15.6. The van der Waals surface area contributed by atoms with Crippen molar-refractivity contribution in [3.63, 3.8) is 0 Å². The highest BCUT2D eigenvalue weighted by atomic mass is 127. The lowest BCUT2D eigenvalue weighted by molar-refractivity contribution is 0.0420. The fourth-order valence-corrected chi connectivity index (χ4v) is 3.23. The topological polar surface area (TPSA) is 85.6 Å². The smallest absolute Gasteiger partial charge is 0.191 e. The monoisotopic (exact) mass is 478 g/mol. The summed E-state index contributed by atoms with van der Waals surface area (Å²) in [5.74, 6) is 2.89. The molecule has 1 saturated heterocycles. The first-order valence-electron chi connectivity index (χ1n) is 9.41. The Hall–Kier alpha value is -0.940. The number of aromatic nitrogens is 3. The van der Waals surface area contributed by atoms with Gasteiger partial charge in [-0.25, -0.2) is 0 Å². The van der Waals surface area contributed by atoms with E-state index in [1.165, 1.54) is 19.3 Å². The molecule has 0 saturated carbocycles. The molecule has 2 N–H and O–H groups in total. The molecule has 26 heavy (non-hydrogen) atoms. The lowest BCUT2D eigenvalue weighted by Gasteiger charge is -2.13. The Bertz CT molecular complexity index is 559. The number of ether oxygens (including phenoxy) is 2. The lowest BCUT2D eigenvalue weighted by atomic mass is 10.2. The molecule has 9 heteroatoms. The van der Waals surface area contributed by atoms with E-state index >= 15 is 0 Å². The number of hydrogen-bond acceptors (Lipinski definition) is 5. The van der Waals surface area contributed by atoms with Crippen molar-refractivity contribution in [3.8, 4) is 0 Å². The van der Waals surface area contributed by atoms with Crippen LogP contribution in [0.2, 0.25) is 0 Å². The van der Waals surface area contributed by atoms with E-state index in [9.17, 15) is 0 Å². The van der Waals surface area contributed by atoms with Gasteiger partial charge >= 0.3 is 0 Å². The molecule has 0 bridgehead atoms. The third kappa shape index (κ3) is 6.34. The van der Waals surface area contributed by atoms with Crippen LogP contribution in [0.5, 0.6) is 0 Å². The molecule has 3 rings (SSSR count). The minimum absolute atomic E-state index is 0. The van der Waals surface area contributed by atoms with Crippen molar-refractivity contribution < 1.29 is 9.47 Å². The standard InChI is InChI=1S/C17H30N6O2.HI/c1-18-17(19-8-5-10-25-14-7-11-24-13-14)20-12-16-22-21-15-6-3-2-4-9-23(15)16;/h14H,2-13H2,1H3,(H2,18,19,20);1H. The summed E-state index contributed by atoms with van der Waals surface area (Å²) in [6, 6.07) is 0. The number of aryl methyl sites for hydroxylation is 1. The molecular weight excluding hydrogens is 447 g/mol. The number of guanidine groups is 1.